The fourth-order valence-corrected chi connectivity index (χ4v) is 3.35. The number of aromatic nitrogens is 2. The van der Waals surface area contributed by atoms with Gasteiger partial charge < -0.3 is 10.6 Å². The topological polar surface area (TPSA) is 49.8 Å². The number of nitrogens with one attached hydrogen (secondary N) is 2. The maximum Gasteiger partial charge on any atom is 0.224 e. The number of nitrogens with zero attached hydrogens (tertiary/aromatic N) is 2. The van der Waals surface area contributed by atoms with E-state index in [1.807, 2.05) is 30.9 Å². The minimum Gasteiger partial charge on any atom is -0.366 e. The van der Waals surface area contributed by atoms with Crippen LogP contribution < -0.4 is 10.6 Å². The van der Waals surface area contributed by atoms with Crippen LogP contribution in [0.4, 0.5) is 11.8 Å². The van der Waals surface area contributed by atoms with E-state index in [-0.39, 0.29) is 0 Å². The molecule has 1 aromatic rings. The van der Waals surface area contributed by atoms with Gasteiger partial charge in [0, 0.05) is 24.0 Å². The van der Waals surface area contributed by atoms with Gasteiger partial charge in [0.25, 0.3) is 0 Å². The van der Waals surface area contributed by atoms with Gasteiger partial charge in [-0.05, 0) is 32.1 Å². The first kappa shape index (κ1) is 13.5. The van der Waals surface area contributed by atoms with Crippen LogP contribution in [0, 0.1) is 0 Å². The van der Waals surface area contributed by atoms with Crippen molar-refractivity contribution in [2.75, 3.05) is 23.4 Å². The van der Waals surface area contributed by atoms with Gasteiger partial charge in [0.1, 0.15) is 5.82 Å². The number of hydrogen-bond donors (Lipinski definition) is 2. The van der Waals surface area contributed by atoms with Gasteiger partial charge in [-0.2, -0.15) is 16.7 Å². The van der Waals surface area contributed by atoms with Crippen LogP contribution in [0.25, 0.3) is 0 Å². The zero-order valence-corrected chi connectivity index (χ0v) is 12.0. The Balaban J connectivity index is 2.00. The zero-order chi connectivity index (χ0) is 12.8. The third-order valence-electron chi connectivity index (χ3n) is 3.33. The summed E-state index contributed by atoms with van der Waals surface area (Å²) in [7, 11) is 0. The number of rotatable bonds is 5. The first-order valence-electron chi connectivity index (χ1n) is 6.69. The molecule has 5 heteroatoms. The van der Waals surface area contributed by atoms with Gasteiger partial charge in [-0.3, -0.25) is 0 Å². The third-order valence-corrected chi connectivity index (χ3v) is 4.50. The Hall–Kier alpha value is -0.970. The third kappa shape index (κ3) is 3.51. The summed E-state index contributed by atoms with van der Waals surface area (Å²) in [5.74, 6) is 1.64. The lowest BCUT2D eigenvalue weighted by molar-refractivity contribution is 0.474. The second kappa shape index (κ2) is 6.83. The van der Waals surface area contributed by atoms with Gasteiger partial charge >= 0.3 is 0 Å². The van der Waals surface area contributed by atoms with E-state index in [2.05, 4.69) is 26.9 Å². The molecule has 0 saturated heterocycles. The molecule has 1 aromatic heterocycles. The summed E-state index contributed by atoms with van der Waals surface area (Å²) in [6, 6.07) is 2.49. The Morgan fingerprint density at radius 1 is 1.39 bits per heavy atom. The quantitative estimate of drug-likeness (QED) is 0.858. The minimum atomic E-state index is 0.540. The molecule has 2 rings (SSSR count). The van der Waals surface area contributed by atoms with Crippen molar-refractivity contribution in [2.45, 2.75) is 43.9 Å². The maximum absolute atomic E-state index is 4.48. The van der Waals surface area contributed by atoms with Crippen LogP contribution in [0.2, 0.25) is 0 Å². The maximum atomic E-state index is 4.48. The van der Waals surface area contributed by atoms with Crippen molar-refractivity contribution in [3.05, 3.63) is 12.3 Å². The fourth-order valence-electron chi connectivity index (χ4n) is 2.42. The number of anilines is 2. The fraction of sp³-hybridized carbons (Fsp3) is 0.692. The van der Waals surface area contributed by atoms with Gasteiger partial charge in [-0.15, -0.1) is 0 Å². The van der Waals surface area contributed by atoms with Gasteiger partial charge in [0.05, 0.1) is 0 Å². The van der Waals surface area contributed by atoms with Gasteiger partial charge in [-0.25, -0.2) is 4.98 Å². The highest BCUT2D eigenvalue weighted by Gasteiger charge is 2.24. The predicted octanol–water partition coefficient (Wildman–Crippen LogP) is 2.99. The summed E-state index contributed by atoms with van der Waals surface area (Å²) >= 11 is 1.97. The lowest BCUT2D eigenvalue weighted by Gasteiger charge is -2.31. The molecular formula is C13H22N4S. The van der Waals surface area contributed by atoms with Gasteiger partial charge in [-0.1, -0.05) is 12.8 Å². The van der Waals surface area contributed by atoms with Crippen LogP contribution in [-0.2, 0) is 0 Å². The molecule has 1 fully saturated rings. The average Bonchev–Trinajstić information content (AvgIpc) is 2.40. The Labute approximate surface area is 113 Å². The highest BCUT2D eigenvalue weighted by molar-refractivity contribution is 7.99. The van der Waals surface area contributed by atoms with E-state index in [0.29, 0.717) is 17.2 Å². The lowest BCUT2D eigenvalue weighted by Crippen LogP contribution is -2.34. The molecule has 2 N–H and O–H groups in total. The van der Waals surface area contributed by atoms with E-state index in [9.17, 15) is 0 Å². The first-order valence-corrected chi connectivity index (χ1v) is 7.98. The summed E-state index contributed by atoms with van der Waals surface area (Å²) in [6.45, 7) is 2.90. The van der Waals surface area contributed by atoms with Crippen molar-refractivity contribution in [2.24, 2.45) is 0 Å². The zero-order valence-electron chi connectivity index (χ0n) is 11.1. The highest BCUT2D eigenvalue weighted by Crippen LogP contribution is 2.29. The molecule has 2 unspecified atom stereocenters. The Kier molecular flexibility index (Phi) is 5.11. The van der Waals surface area contributed by atoms with Crippen LogP contribution in [0.5, 0.6) is 0 Å². The van der Waals surface area contributed by atoms with Crippen molar-refractivity contribution >= 4 is 23.5 Å². The molecule has 0 bridgehead atoms. The molecular weight excluding hydrogens is 244 g/mol. The SMILES string of the molecule is CCNc1nccc(NC2CCCCC2SC)n1. The second-order valence-electron chi connectivity index (χ2n) is 4.61. The summed E-state index contributed by atoms with van der Waals surface area (Å²) in [6.07, 6.45) is 9.24. The standard InChI is InChI=1S/C13H22N4S/c1-3-14-13-15-9-8-12(17-13)16-10-6-4-5-7-11(10)18-2/h8-11H,3-7H2,1-2H3,(H2,14,15,16,17). The average molecular weight is 266 g/mol. The molecule has 18 heavy (non-hydrogen) atoms. The summed E-state index contributed by atoms with van der Waals surface area (Å²) in [4.78, 5) is 8.68. The molecule has 0 amide bonds. The molecule has 1 heterocycles. The van der Waals surface area contributed by atoms with Crippen molar-refractivity contribution in [3.8, 4) is 0 Å². The number of hydrogen-bond acceptors (Lipinski definition) is 5. The van der Waals surface area contributed by atoms with Crippen molar-refractivity contribution in [3.63, 3.8) is 0 Å². The van der Waals surface area contributed by atoms with Crippen LogP contribution in [0.15, 0.2) is 12.3 Å². The Morgan fingerprint density at radius 2 is 2.22 bits per heavy atom. The summed E-state index contributed by atoms with van der Waals surface area (Å²) in [5.41, 5.74) is 0. The predicted molar refractivity (Wildman–Crippen MR) is 79.4 cm³/mol. The van der Waals surface area contributed by atoms with E-state index in [0.717, 1.165) is 12.4 Å². The largest absolute Gasteiger partial charge is 0.366 e. The molecule has 0 aromatic carbocycles. The van der Waals surface area contributed by atoms with E-state index in [1.54, 1.807) is 0 Å². The monoisotopic (exact) mass is 266 g/mol. The first-order chi connectivity index (χ1) is 8.83. The highest BCUT2D eigenvalue weighted by atomic mass is 32.2. The molecule has 100 valence electrons. The molecule has 0 spiro atoms. The Bertz CT molecular complexity index is 372. The van der Waals surface area contributed by atoms with Crippen LogP contribution in [0.1, 0.15) is 32.6 Å². The van der Waals surface area contributed by atoms with Crippen LogP contribution in [-0.4, -0.2) is 34.1 Å². The van der Waals surface area contributed by atoms with Crippen molar-refractivity contribution in [1.29, 1.82) is 0 Å². The molecule has 0 aliphatic heterocycles. The lowest BCUT2D eigenvalue weighted by atomic mass is 9.95. The van der Waals surface area contributed by atoms with E-state index in [4.69, 9.17) is 0 Å². The van der Waals surface area contributed by atoms with E-state index in [1.165, 1.54) is 25.7 Å². The molecule has 1 saturated carbocycles. The molecule has 4 nitrogen and oxygen atoms in total. The molecule has 1 aliphatic rings. The van der Waals surface area contributed by atoms with E-state index < -0.39 is 0 Å². The minimum absolute atomic E-state index is 0.540. The summed E-state index contributed by atoms with van der Waals surface area (Å²) < 4.78 is 0. The van der Waals surface area contributed by atoms with Crippen molar-refractivity contribution in [1.82, 2.24) is 9.97 Å². The van der Waals surface area contributed by atoms with Crippen molar-refractivity contribution < 1.29 is 0 Å². The normalized spacial score (nSPS) is 23.7. The second-order valence-corrected chi connectivity index (χ2v) is 5.68. The van der Waals surface area contributed by atoms with E-state index >= 15 is 0 Å². The summed E-state index contributed by atoms with van der Waals surface area (Å²) in [5, 5.41) is 7.42. The smallest absolute Gasteiger partial charge is 0.224 e. The van der Waals surface area contributed by atoms with Gasteiger partial charge in [0.15, 0.2) is 0 Å². The molecule has 1 aliphatic carbocycles. The van der Waals surface area contributed by atoms with Crippen LogP contribution in [0.3, 0.4) is 0 Å². The Morgan fingerprint density at radius 3 is 3.00 bits per heavy atom. The number of thioether (sulfide) groups is 1. The van der Waals surface area contributed by atoms with Crippen LogP contribution >= 0.6 is 11.8 Å². The van der Waals surface area contributed by atoms with Gasteiger partial charge in [0.2, 0.25) is 5.95 Å². The molecule has 0 radical (unpaired) electrons. The molecule has 2 atom stereocenters.